The van der Waals surface area contributed by atoms with Gasteiger partial charge in [0.15, 0.2) is 0 Å². The van der Waals surface area contributed by atoms with Crippen LogP contribution in [0.3, 0.4) is 0 Å². The molecule has 0 aromatic rings. The number of rotatable bonds is 7. The normalized spacial score (nSPS) is 22.8. The summed E-state index contributed by atoms with van der Waals surface area (Å²) in [6, 6.07) is -0.459. The van der Waals surface area contributed by atoms with Crippen molar-refractivity contribution in [3.8, 4) is 0 Å². The first-order chi connectivity index (χ1) is 12.7. The van der Waals surface area contributed by atoms with E-state index in [9.17, 15) is 19.7 Å². The van der Waals surface area contributed by atoms with Crippen LogP contribution in [0.4, 0.5) is 4.79 Å². The van der Waals surface area contributed by atoms with Crippen LogP contribution in [0.2, 0.25) is 0 Å². The van der Waals surface area contributed by atoms with Crippen LogP contribution in [-0.4, -0.2) is 59.0 Å². The number of nitro groups is 1. The van der Waals surface area contributed by atoms with E-state index in [0.29, 0.717) is 6.42 Å². The fourth-order valence-electron chi connectivity index (χ4n) is 3.59. The highest BCUT2D eigenvalue weighted by molar-refractivity contribution is 5.71. The number of carbonyl (C=O) groups excluding carboxylic acids is 2. The monoisotopic (exact) mass is 402 g/mol. The average Bonchev–Trinajstić information content (AvgIpc) is 2.74. The van der Waals surface area contributed by atoms with Crippen LogP contribution in [0, 0.1) is 22.0 Å². The Bertz CT molecular complexity index is 583. The van der Waals surface area contributed by atoms with Crippen molar-refractivity contribution in [2.75, 3.05) is 13.7 Å². The fraction of sp³-hybridized carbons (Fsp3) is 0.895. The summed E-state index contributed by atoms with van der Waals surface area (Å²) in [6.07, 6.45) is -0.824. The lowest BCUT2D eigenvalue weighted by atomic mass is 9.88. The predicted molar refractivity (Wildman–Crippen MR) is 102 cm³/mol. The van der Waals surface area contributed by atoms with Crippen molar-refractivity contribution in [1.29, 1.82) is 0 Å². The third-order valence-electron chi connectivity index (χ3n) is 4.52. The molecule has 0 N–H and O–H groups in total. The molecule has 1 heterocycles. The maximum absolute atomic E-state index is 12.9. The summed E-state index contributed by atoms with van der Waals surface area (Å²) in [7, 11) is 1.24. The number of methoxy groups -OCH3 is 1. The van der Waals surface area contributed by atoms with Gasteiger partial charge >= 0.3 is 12.1 Å². The van der Waals surface area contributed by atoms with Crippen molar-refractivity contribution < 1.29 is 28.7 Å². The molecule has 0 saturated carbocycles. The van der Waals surface area contributed by atoms with Crippen molar-refractivity contribution in [2.45, 2.75) is 84.8 Å². The summed E-state index contributed by atoms with van der Waals surface area (Å²) in [5.74, 6) is -1.07. The first-order valence-corrected chi connectivity index (χ1v) is 9.56. The van der Waals surface area contributed by atoms with Gasteiger partial charge in [-0.2, -0.15) is 0 Å². The number of esters is 1. The van der Waals surface area contributed by atoms with Gasteiger partial charge in [0, 0.05) is 4.92 Å². The first kappa shape index (κ1) is 24.1. The van der Waals surface area contributed by atoms with Gasteiger partial charge in [-0.05, 0) is 47.0 Å². The third kappa shape index (κ3) is 6.61. The number of nitrogens with zero attached hydrogens (tertiary/aromatic N) is 2. The molecule has 0 aromatic carbocycles. The van der Waals surface area contributed by atoms with E-state index in [4.69, 9.17) is 14.2 Å². The summed E-state index contributed by atoms with van der Waals surface area (Å²) in [5, 5.41) is 11.2. The summed E-state index contributed by atoms with van der Waals surface area (Å²) in [5.41, 5.74) is -1.72. The second-order valence-electron chi connectivity index (χ2n) is 9.13. The fourth-order valence-corrected chi connectivity index (χ4v) is 3.59. The molecule has 0 aliphatic carbocycles. The lowest BCUT2D eigenvalue weighted by Crippen LogP contribution is -2.51. The van der Waals surface area contributed by atoms with Gasteiger partial charge in [-0.15, -0.1) is 0 Å². The Morgan fingerprint density at radius 1 is 1.29 bits per heavy atom. The largest absolute Gasteiger partial charge is 0.469 e. The highest BCUT2D eigenvalue weighted by atomic mass is 16.6. The molecule has 1 aliphatic heterocycles. The SMILES string of the molecule is COC(=O)C[C@H](C[N+](=O)[O-])[C@@H]1OC(C)(C)N(C(=O)OC(C)(C)C)[C@H]1CC(C)C. The van der Waals surface area contributed by atoms with Gasteiger partial charge in [0.1, 0.15) is 11.3 Å². The highest BCUT2D eigenvalue weighted by Crippen LogP contribution is 2.40. The molecule has 28 heavy (non-hydrogen) atoms. The third-order valence-corrected chi connectivity index (χ3v) is 4.52. The predicted octanol–water partition coefficient (Wildman–Crippen LogP) is 3.23. The maximum Gasteiger partial charge on any atom is 0.412 e. The van der Waals surface area contributed by atoms with Gasteiger partial charge in [0.25, 0.3) is 0 Å². The van der Waals surface area contributed by atoms with Crippen LogP contribution < -0.4 is 0 Å². The minimum Gasteiger partial charge on any atom is -0.469 e. The molecule has 9 nitrogen and oxygen atoms in total. The second kappa shape index (κ2) is 9.07. The molecule has 0 unspecified atom stereocenters. The van der Waals surface area contributed by atoms with E-state index in [2.05, 4.69) is 0 Å². The van der Waals surface area contributed by atoms with Gasteiger partial charge in [0.05, 0.1) is 31.6 Å². The van der Waals surface area contributed by atoms with Gasteiger partial charge in [-0.3, -0.25) is 19.8 Å². The molecular formula is C19H34N2O7. The zero-order valence-corrected chi connectivity index (χ0v) is 18.2. The Morgan fingerprint density at radius 2 is 1.86 bits per heavy atom. The van der Waals surface area contributed by atoms with Gasteiger partial charge < -0.3 is 14.2 Å². The Morgan fingerprint density at radius 3 is 2.29 bits per heavy atom. The molecule has 162 valence electrons. The van der Waals surface area contributed by atoms with E-state index in [-0.39, 0.29) is 12.3 Å². The number of hydrogen-bond acceptors (Lipinski definition) is 7. The number of amides is 1. The number of hydrogen-bond donors (Lipinski definition) is 0. The molecule has 0 bridgehead atoms. The van der Waals surface area contributed by atoms with Crippen molar-refractivity contribution in [2.24, 2.45) is 11.8 Å². The minimum atomic E-state index is -1.03. The summed E-state index contributed by atoms with van der Waals surface area (Å²) >= 11 is 0. The summed E-state index contributed by atoms with van der Waals surface area (Å²) in [4.78, 5) is 37.1. The van der Waals surface area contributed by atoms with Crippen LogP contribution in [0.5, 0.6) is 0 Å². The van der Waals surface area contributed by atoms with Crippen molar-refractivity contribution >= 4 is 12.1 Å². The molecule has 1 amide bonds. The molecule has 1 fully saturated rings. The Hall–Kier alpha value is -1.90. The Balaban J connectivity index is 3.29. The van der Waals surface area contributed by atoms with E-state index < -0.39 is 52.9 Å². The standard InChI is InChI=1S/C19H34N2O7/c1-12(2)9-14-16(13(11-20(24)25)10-15(22)26-8)27-19(6,7)21(14)17(23)28-18(3,4)5/h12-14,16H,9-11H2,1-8H3/t13-,14+,16+/m1/s1. The van der Waals surface area contributed by atoms with Crippen LogP contribution in [0.15, 0.2) is 0 Å². The summed E-state index contributed by atoms with van der Waals surface area (Å²) < 4.78 is 16.4. The van der Waals surface area contributed by atoms with E-state index in [1.54, 1.807) is 34.6 Å². The van der Waals surface area contributed by atoms with Crippen LogP contribution >= 0.6 is 0 Å². The van der Waals surface area contributed by atoms with E-state index in [1.165, 1.54) is 12.0 Å². The molecule has 3 atom stereocenters. The quantitative estimate of drug-likeness (QED) is 0.365. The highest BCUT2D eigenvalue weighted by Gasteiger charge is 2.54. The number of ether oxygens (including phenoxy) is 3. The van der Waals surface area contributed by atoms with Gasteiger partial charge in [-0.1, -0.05) is 13.8 Å². The van der Waals surface area contributed by atoms with Gasteiger partial charge in [-0.25, -0.2) is 4.79 Å². The zero-order chi connectivity index (χ0) is 21.9. The Labute approximate surface area is 166 Å². The molecular weight excluding hydrogens is 368 g/mol. The first-order valence-electron chi connectivity index (χ1n) is 9.56. The van der Waals surface area contributed by atoms with Gasteiger partial charge in [0.2, 0.25) is 6.54 Å². The van der Waals surface area contributed by atoms with E-state index in [1.807, 2.05) is 13.8 Å². The second-order valence-corrected chi connectivity index (χ2v) is 9.13. The van der Waals surface area contributed by atoms with E-state index >= 15 is 0 Å². The lowest BCUT2D eigenvalue weighted by Gasteiger charge is -2.36. The van der Waals surface area contributed by atoms with Crippen molar-refractivity contribution in [3.05, 3.63) is 10.1 Å². The Kier molecular flexibility index (Phi) is 7.82. The number of carbonyl (C=O) groups is 2. The zero-order valence-electron chi connectivity index (χ0n) is 18.2. The topological polar surface area (TPSA) is 108 Å². The molecule has 0 spiro atoms. The van der Waals surface area contributed by atoms with Crippen molar-refractivity contribution in [1.82, 2.24) is 4.90 Å². The van der Waals surface area contributed by atoms with Crippen LogP contribution in [0.25, 0.3) is 0 Å². The maximum atomic E-state index is 12.9. The summed E-state index contributed by atoms with van der Waals surface area (Å²) in [6.45, 7) is 12.3. The average molecular weight is 402 g/mol. The van der Waals surface area contributed by atoms with Crippen LogP contribution in [0.1, 0.15) is 61.3 Å². The molecule has 0 aromatic heterocycles. The smallest absolute Gasteiger partial charge is 0.412 e. The minimum absolute atomic E-state index is 0.158. The lowest BCUT2D eigenvalue weighted by molar-refractivity contribution is -0.490. The van der Waals surface area contributed by atoms with E-state index in [0.717, 1.165) is 0 Å². The molecule has 9 heteroatoms. The molecule has 1 saturated heterocycles. The molecule has 0 radical (unpaired) electrons. The molecule has 1 aliphatic rings. The van der Waals surface area contributed by atoms with Crippen LogP contribution in [-0.2, 0) is 19.0 Å². The van der Waals surface area contributed by atoms with Crippen molar-refractivity contribution in [3.63, 3.8) is 0 Å². The molecule has 1 rings (SSSR count).